The molecule has 0 aromatic carbocycles. The first-order valence-electron chi connectivity index (χ1n) is 6.80. The van der Waals surface area contributed by atoms with Gasteiger partial charge < -0.3 is 10.1 Å². The Morgan fingerprint density at radius 1 is 1.20 bits per heavy atom. The van der Waals surface area contributed by atoms with E-state index in [0.717, 1.165) is 5.06 Å². The number of hydrogen-bond acceptors (Lipinski definition) is 4. The van der Waals surface area contributed by atoms with Crippen LogP contribution in [0.5, 0.6) is 0 Å². The van der Waals surface area contributed by atoms with Crippen LogP contribution in [0.25, 0.3) is 0 Å². The highest BCUT2D eigenvalue weighted by atomic mass is 16.7. The minimum absolute atomic E-state index is 0. The van der Waals surface area contributed by atoms with E-state index >= 15 is 0 Å². The lowest BCUT2D eigenvalue weighted by Gasteiger charge is -2.30. The van der Waals surface area contributed by atoms with Crippen molar-refractivity contribution in [1.29, 1.82) is 0 Å². The Hall–Kier alpha value is -1.30. The molecule has 0 aliphatic carbocycles. The predicted molar refractivity (Wildman–Crippen MR) is 79.1 cm³/mol. The summed E-state index contributed by atoms with van der Waals surface area (Å²) in [7, 11) is 2.92. The molecule has 6 heteroatoms. The van der Waals surface area contributed by atoms with Crippen LogP contribution in [0.2, 0.25) is 0 Å². The zero-order valence-electron chi connectivity index (χ0n) is 13.8. The minimum atomic E-state index is -0.685. The molecule has 0 heterocycles. The summed E-state index contributed by atoms with van der Waals surface area (Å²) < 4.78 is 5.20. The van der Waals surface area contributed by atoms with Crippen LogP contribution in [0, 0.1) is 11.8 Å². The number of hydrogen-bond donors (Lipinski definition) is 1. The molecule has 0 saturated heterocycles. The number of hydroxylamine groups is 2. The standard InChI is InChI=1S/C14H28N2O4.H2/c1-9(2)10(3)11(12(17)16(7)19-8)15-13(18)20-14(4,5)6;/h9-11H,1-8H3,(H,15,18);1H/t10?,11-;/m0./s1. The molecule has 2 amide bonds. The first-order valence-corrected chi connectivity index (χ1v) is 6.80. The van der Waals surface area contributed by atoms with Crippen molar-refractivity contribution in [3.63, 3.8) is 0 Å². The molecule has 0 aliphatic heterocycles. The normalized spacial score (nSPS) is 14.7. The highest BCUT2D eigenvalue weighted by Crippen LogP contribution is 2.17. The van der Waals surface area contributed by atoms with Gasteiger partial charge in [-0.2, -0.15) is 0 Å². The van der Waals surface area contributed by atoms with Gasteiger partial charge in [0.25, 0.3) is 5.91 Å². The SMILES string of the molecule is CON(C)C(=O)[C@@H](NC(=O)OC(C)(C)C)C(C)C(C)C.[HH]. The Labute approximate surface area is 123 Å². The highest BCUT2D eigenvalue weighted by Gasteiger charge is 2.32. The second kappa shape index (κ2) is 7.47. The molecule has 1 N–H and O–H groups in total. The van der Waals surface area contributed by atoms with Crippen molar-refractivity contribution in [2.75, 3.05) is 14.2 Å². The summed E-state index contributed by atoms with van der Waals surface area (Å²) in [4.78, 5) is 29.0. The van der Waals surface area contributed by atoms with Gasteiger partial charge in [-0.15, -0.1) is 0 Å². The first kappa shape index (κ1) is 18.7. The molecular weight excluding hydrogens is 260 g/mol. The number of carbonyl (C=O) groups excluding carboxylic acids is 2. The number of rotatable bonds is 5. The third-order valence-electron chi connectivity index (χ3n) is 3.10. The fraction of sp³-hybridized carbons (Fsp3) is 0.857. The van der Waals surface area contributed by atoms with E-state index in [2.05, 4.69) is 5.32 Å². The van der Waals surface area contributed by atoms with Crippen molar-refractivity contribution in [3.8, 4) is 0 Å². The zero-order valence-corrected chi connectivity index (χ0v) is 13.8. The summed E-state index contributed by atoms with van der Waals surface area (Å²) >= 11 is 0. The van der Waals surface area contributed by atoms with Crippen LogP contribution in [0.3, 0.4) is 0 Å². The van der Waals surface area contributed by atoms with Crippen LogP contribution >= 0.6 is 0 Å². The van der Waals surface area contributed by atoms with Crippen LogP contribution in [-0.2, 0) is 14.4 Å². The van der Waals surface area contributed by atoms with E-state index in [0.29, 0.717) is 0 Å². The smallest absolute Gasteiger partial charge is 0.408 e. The lowest BCUT2D eigenvalue weighted by atomic mass is 9.90. The van der Waals surface area contributed by atoms with Gasteiger partial charge in [-0.25, -0.2) is 9.86 Å². The number of nitrogens with zero attached hydrogens (tertiary/aromatic N) is 1. The number of likely N-dealkylation sites (N-methyl/N-ethyl adjacent to an activating group) is 1. The van der Waals surface area contributed by atoms with Crippen LogP contribution in [0.1, 0.15) is 43.0 Å². The van der Waals surface area contributed by atoms with E-state index in [1.807, 2.05) is 20.8 Å². The van der Waals surface area contributed by atoms with Crippen molar-refractivity contribution >= 4 is 12.0 Å². The van der Waals surface area contributed by atoms with E-state index in [4.69, 9.17) is 9.57 Å². The third kappa shape index (κ3) is 6.23. The van der Waals surface area contributed by atoms with Crippen LogP contribution in [0.4, 0.5) is 4.79 Å². The zero-order chi connectivity index (χ0) is 16.1. The van der Waals surface area contributed by atoms with Gasteiger partial charge in [0.2, 0.25) is 0 Å². The number of alkyl carbamates (subject to hydrolysis) is 1. The topological polar surface area (TPSA) is 67.9 Å². The maximum absolute atomic E-state index is 12.3. The van der Waals surface area contributed by atoms with Crippen molar-refractivity contribution in [2.45, 2.75) is 53.2 Å². The van der Waals surface area contributed by atoms with E-state index in [9.17, 15) is 9.59 Å². The molecule has 0 aromatic rings. The Balaban J connectivity index is 0. The summed E-state index contributed by atoms with van der Waals surface area (Å²) in [6.07, 6.45) is -0.604. The molecule has 6 nitrogen and oxygen atoms in total. The van der Waals surface area contributed by atoms with Gasteiger partial charge in [-0.1, -0.05) is 20.8 Å². The summed E-state index contributed by atoms with van der Waals surface area (Å²) in [6, 6.07) is -0.685. The average molecular weight is 290 g/mol. The van der Waals surface area contributed by atoms with Gasteiger partial charge in [-0.3, -0.25) is 9.63 Å². The fourth-order valence-electron chi connectivity index (χ4n) is 1.52. The van der Waals surface area contributed by atoms with Gasteiger partial charge in [0.1, 0.15) is 11.6 Å². The Bertz CT molecular complexity index is 342. The van der Waals surface area contributed by atoms with Crippen LogP contribution in [0.15, 0.2) is 0 Å². The molecular formula is C14H30N2O4. The first-order chi connectivity index (χ1) is 8.99. The van der Waals surface area contributed by atoms with Crippen LogP contribution in [-0.4, -0.2) is 42.9 Å². The summed E-state index contributed by atoms with van der Waals surface area (Å²) in [5.41, 5.74) is -0.605. The van der Waals surface area contributed by atoms with Gasteiger partial charge in [0.05, 0.1) is 7.11 Å². The molecule has 0 saturated carbocycles. The quantitative estimate of drug-likeness (QED) is 0.790. The molecule has 20 heavy (non-hydrogen) atoms. The summed E-state index contributed by atoms with van der Waals surface area (Å²) in [5.74, 6) is -0.128. The van der Waals surface area contributed by atoms with E-state index in [-0.39, 0.29) is 19.2 Å². The van der Waals surface area contributed by atoms with Crippen molar-refractivity contribution in [3.05, 3.63) is 0 Å². The van der Waals surface area contributed by atoms with Gasteiger partial charge >= 0.3 is 6.09 Å². The molecule has 0 bridgehead atoms. The summed E-state index contributed by atoms with van der Waals surface area (Å²) in [6.45, 7) is 11.2. The molecule has 0 spiro atoms. The molecule has 0 radical (unpaired) electrons. The van der Waals surface area contributed by atoms with E-state index in [1.54, 1.807) is 20.8 Å². The number of ether oxygens (including phenoxy) is 1. The van der Waals surface area contributed by atoms with Gasteiger partial charge in [0.15, 0.2) is 0 Å². The maximum atomic E-state index is 12.3. The Morgan fingerprint density at radius 3 is 2.05 bits per heavy atom. The molecule has 2 atom stereocenters. The predicted octanol–water partition coefficient (Wildman–Crippen LogP) is 2.44. The second-order valence-corrected chi connectivity index (χ2v) is 6.25. The highest BCUT2D eigenvalue weighted by molar-refractivity contribution is 5.85. The molecule has 1 unspecified atom stereocenters. The fourth-order valence-corrected chi connectivity index (χ4v) is 1.52. The molecule has 0 aliphatic rings. The van der Waals surface area contributed by atoms with Crippen LogP contribution < -0.4 is 5.32 Å². The van der Waals surface area contributed by atoms with Gasteiger partial charge in [0, 0.05) is 8.47 Å². The maximum Gasteiger partial charge on any atom is 0.408 e. The average Bonchev–Trinajstić information content (AvgIpc) is 2.30. The number of amides is 2. The van der Waals surface area contributed by atoms with Gasteiger partial charge in [-0.05, 0) is 32.6 Å². The van der Waals surface area contributed by atoms with Crippen molar-refractivity contribution in [1.82, 2.24) is 10.4 Å². The monoisotopic (exact) mass is 290 g/mol. The Kier molecular flexibility index (Phi) is 6.99. The molecule has 0 aromatic heterocycles. The third-order valence-corrected chi connectivity index (χ3v) is 3.10. The van der Waals surface area contributed by atoms with Crippen molar-refractivity contribution < 1.29 is 20.6 Å². The Morgan fingerprint density at radius 2 is 1.70 bits per heavy atom. The summed E-state index contributed by atoms with van der Waals surface area (Å²) in [5, 5.41) is 3.75. The second-order valence-electron chi connectivity index (χ2n) is 6.25. The van der Waals surface area contributed by atoms with Crippen molar-refractivity contribution in [2.24, 2.45) is 11.8 Å². The lowest BCUT2D eigenvalue weighted by Crippen LogP contribution is -2.52. The largest absolute Gasteiger partial charge is 0.444 e. The van der Waals surface area contributed by atoms with E-state index in [1.165, 1.54) is 14.2 Å². The number of nitrogens with one attached hydrogen (secondary N) is 1. The number of carbonyl (C=O) groups is 2. The molecule has 0 fully saturated rings. The van der Waals surface area contributed by atoms with E-state index < -0.39 is 17.7 Å². The lowest BCUT2D eigenvalue weighted by molar-refractivity contribution is -0.172. The minimum Gasteiger partial charge on any atom is -0.444 e. The molecule has 0 rings (SSSR count). The molecule has 120 valence electrons.